The largest absolute Gasteiger partial charge is 0.287 e. The molecule has 1 aliphatic heterocycles. The molecule has 56 valence electrons. The van der Waals surface area contributed by atoms with E-state index in [1.165, 1.54) is 0 Å². The van der Waals surface area contributed by atoms with Gasteiger partial charge in [0.2, 0.25) is 0 Å². The lowest BCUT2D eigenvalue weighted by molar-refractivity contribution is 0.373. The molecule has 1 heterocycles. The molecular weight excluding hydrogens is 126 g/mol. The highest BCUT2D eigenvalue weighted by atomic mass is 15.5. The molecule has 0 fully saturated rings. The van der Waals surface area contributed by atoms with Crippen molar-refractivity contribution in [2.24, 2.45) is 5.10 Å². The Morgan fingerprint density at radius 2 is 2.20 bits per heavy atom. The number of hydrogen-bond donors (Lipinski definition) is 1. The average Bonchev–Trinajstić information content (AvgIpc) is 2.10. The van der Waals surface area contributed by atoms with E-state index in [0.717, 1.165) is 12.1 Å². The van der Waals surface area contributed by atoms with Gasteiger partial charge >= 0.3 is 0 Å². The zero-order valence-electron chi connectivity index (χ0n) is 6.68. The third-order valence-corrected chi connectivity index (χ3v) is 1.47. The first-order valence-electron chi connectivity index (χ1n) is 3.52. The van der Waals surface area contributed by atoms with Crippen molar-refractivity contribution in [3.8, 4) is 0 Å². The van der Waals surface area contributed by atoms with Gasteiger partial charge in [-0.05, 0) is 20.8 Å². The van der Waals surface area contributed by atoms with Crippen molar-refractivity contribution in [3.63, 3.8) is 0 Å². The number of hydrazone groups is 1. The standard InChI is InChI=1S/C7H13N3/c1-5(2)10-7(8)4-6(3)9-10/h5,8H,4H2,1-3H3. The molecule has 3 heteroatoms. The lowest BCUT2D eigenvalue weighted by atomic mass is 10.3. The fourth-order valence-corrected chi connectivity index (χ4v) is 1.03. The molecule has 1 N–H and O–H groups in total. The van der Waals surface area contributed by atoms with Crippen molar-refractivity contribution in [2.45, 2.75) is 33.2 Å². The van der Waals surface area contributed by atoms with E-state index in [1.807, 2.05) is 20.8 Å². The zero-order valence-corrected chi connectivity index (χ0v) is 6.68. The van der Waals surface area contributed by atoms with Crippen LogP contribution in [0.2, 0.25) is 0 Å². The summed E-state index contributed by atoms with van der Waals surface area (Å²) in [4.78, 5) is 0. The molecule has 0 atom stereocenters. The zero-order chi connectivity index (χ0) is 7.72. The number of nitrogens with zero attached hydrogens (tertiary/aromatic N) is 2. The van der Waals surface area contributed by atoms with E-state index in [4.69, 9.17) is 5.41 Å². The Morgan fingerprint density at radius 3 is 2.40 bits per heavy atom. The van der Waals surface area contributed by atoms with Crippen molar-refractivity contribution in [1.82, 2.24) is 5.01 Å². The summed E-state index contributed by atoms with van der Waals surface area (Å²) in [6, 6.07) is 0.324. The fourth-order valence-electron chi connectivity index (χ4n) is 1.03. The van der Waals surface area contributed by atoms with E-state index in [1.54, 1.807) is 5.01 Å². The van der Waals surface area contributed by atoms with Crippen LogP contribution >= 0.6 is 0 Å². The summed E-state index contributed by atoms with van der Waals surface area (Å²) in [5.74, 6) is 0.618. The van der Waals surface area contributed by atoms with Crippen LogP contribution in [0.25, 0.3) is 0 Å². The van der Waals surface area contributed by atoms with Crippen LogP contribution in [0.4, 0.5) is 0 Å². The fraction of sp³-hybridized carbons (Fsp3) is 0.714. The van der Waals surface area contributed by atoms with Gasteiger partial charge in [-0.15, -0.1) is 0 Å². The maximum absolute atomic E-state index is 7.48. The summed E-state index contributed by atoms with van der Waals surface area (Å²) in [5, 5.41) is 13.4. The third kappa shape index (κ3) is 1.17. The van der Waals surface area contributed by atoms with Crippen molar-refractivity contribution in [2.75, 3.05) is 0 Å². The van der Waals surface area contributed by atoms with Crippen LogP contribution in [0.1, 0.15) is 27.2 Å². The van der Waals surface area contributed by atoms with Crippen molar-refractivity contribution in [1.29, 1.82) is 5.41 Å². The van der Waals surface area contributed by atoms with E-state index < -0.39 is 0 Å². The number of nitrogens with one attached hydrogen (secondary N) is 1. The minimum atomic E-state index is 0.324. The summed E-state index contributed by atoms with van der Waals surface area (Å²) in [6.07, 6.45) is 0.720. The molecular formula is C7H13N3. The summed E-state index contributed by atoms with van der Waals surface area (Å²) >= 11 is 0. The van der Waals surface area contributed by atoms with Gasteiger partial charge in [0.15, 0.2) is 0 Å². The Kier molecular flexibility index (Phi) is 1.74. The molecule has 0 aliphatic carbocycles. The van der Waals surface area contributed by atoms with Gasteiger partial charge in [0, 0.05) is 18.2 Å². The van der Waals surface area contributed by atoms with E-state index in [9.17, 15) is 0 Å². The van der Waals surface area contributed by atoms with Crippen LogP contribution < -0.4 is 0 Å². The van der Waals surface area contributed by atoms with Gasteiger partial charge in [-0.3, -0.25) is 5.41 Å². The second kappa shape index (κ2) is 2.40. The second-order valence-electron chi connectivity index (χ2n) is 2.90. The van der Waals surface area contributed by atoms with E-state index in [-0.39, 0.29) is 0 Å². The first kappa shape index (κ1) is 7.25. The summed E-state index contributed by atoms with van der Waals surface area (Å²) < 4.78 is 0. The quantitative estimate of drug-likeness (QED) is 0.586. The minimum Gasteiger partial charge on any atom is -0.287 e. The van der Waals surface area contributed by atoms with Crippen LogP contribution in [-0.2, 0) is 0 Å². The molecule has 0 aromatic rings. The highest BCUT2D eigenvalue weighted by Crippen LogP contribution is 2.11. The van der Waals surface area contributed by atoms with Gasteiger partial charge < -0.3 is 0 Å². The van der Waals surface area contributed by atoms with E-state index in [0.29, 0.717) is 11.9 Å². The molecule has 0 saturated heterocycles. The smallest absolute Gasteiger partial charge is 0.123 e. The molecule has 0 unspecified atom stereocenters. The SMILES string of the molecule is CC1=NN(C(C)C)C(=N)C1. The lowest BCUT2D eigenvalue weighted by Crippen LogP contribution is -2.27. The van der Waals surface area contributed by atoms with Crippen LogP contribution in [0.15, 0.2) is 5.10 Å². The maximum Gasteiger partial charge on any atom is 0.123 e. The minimum absolute atomic E-state index is 0.324. The Bertz CT molecular complexity index is 181. The summed E-state index contributed by atoms with van der Waals surface area (Å²) in [6.45, 7) is 6.03. The molecule has 10 heavy (non-hydrogen) atoms. The van der Waals surface area contributed by atoms with E-state index in [2.05, 4.69) is 5.10 Å². The van der Waals surface area contributed by atoms with Crippen LogP contribution in [0.3, 0.4) is 0 Å². The van der Waals surface area contributed by atoms with Crippen LogP contribution in [0, 0.1) is 5.41 Å². The normalized spacial score (nSPS) is 18.6. The molecule has 3 nitrogen and oxygen atoms in total. The molecule has 0 aromatic heterocycles. The predicted molar refractivity (Wildman–Crippen MR) is 42.4 cm³/mol. The second-order valence-corrected chi connectivity index (χ2v) is 2.90. The number of hydrogen-bond acceptors (Lipinski definition) is 2. The maximum atomic E-state index is 7.48. The molecule has 0 spiro atoms. The highest BCUT2D eigenvalue weighted by molar-refractivity contribution is 6.04. The van der Waals surface area contributed by atoms with Crippen LogP contribution in [0.5, 0.6) is 0 Å². The molecule has 0 radical (unpaired) electrons. The molecule has 0 saturated carbocycles. The molecule has 1 aliphatic rings. The van der Waals surface area contributed by atoms with Crippen molar-refractivity contribution < 1.29 is 0 Å². The molecule has 0 aromatic carbocycles. The first-order chi connectivity index (χ1) is 4.61. The Balaban J connectivity index is 2.69. The van der Waals surface area contributed by atoms with Gasteiger partial charge in [-0.25, -0.2) is 5.01 Å². The number of amidine groups is 1. The Morgan fingerprint density at radius 1 is 1.60 bits per heavy atom. The summed E-state index contributed by atoms with van der Waals surface area (Å²) in [7, 11) is 0. The van der Waals surface area contributed by atoms with E-state index >= 15 is 0 Å². The number of rotatable bonds is 1. The van der Waals surface area contributed by atoms with Gasteiger partial charge in [0.1, 0.15) is 5.84 Å². The van der Waals surface area contributed by atoms with Gasteiger partial charge in [-0.1, -0.05) is 0 Å². The van der Waals surface area contributed by atoms with Crippen molar-refractivity contribution in [3.05, 3.63) is 0 Å². The molecule has 0 bridgehead atoms. The predicted octanol–water partition coefficient (Wildman–Crippen LogP) is 1.45. The topological polar surface area (TPSA) is 39.5 Å². The highest BCUT2D eigenvalue weighted by Gasteiger charge is 2.19. The van der Waals surface area contributed by atoms with Crippen molar-refractivity contribution >= 4 is 11.5 Å². The van der Waals surface area contributed by atoms with Gasteiger partial charge in [0.05, 0.1) is 0 Å². The summed E-state index contributed by atoms with van der Waals surface area (Å²) in [5.41, 5.74) is 1.04. The molecule has 0 amide bonds. The first-order valence-corrected chi connectivity index (χ1v) is 3.52. The van der Waals surface area contributed by atoms with Gasteiger partial charge in [-0.2, -0.15) is 5.10 Å². The molecule has 1 rings (SSSR count). The Labute approximate surface area is 61.2 Å². The third-order valence-electron chi connectivity index (χ3n) is 1.47. The lowest BCUT2D eigenvalue weighted by Gasteiger charge is -2.17. The monoisotopic (exact) mass is 139 g/mol. The van der Waals surface area contributed by atoms with Crippen LogP contribution in [-0.4, -0.2) is 22.6 Å². The Hall–Kier alpha value is -0.860. The van der Waals surface area contributed by atoms with Gasteiger partial charge in [0.25, 0.3) is 0 Å². The average molecular weight is 139 g/mol.